The fraction of sp³-hybridized carbons (Fsp3) is 0.611. The molecule has 1 aromatic rings. The maximum absolute atomic E-state index is 12.4. The first-order valence-corrected chi connectivity index (χ1v) is 10.2. The van der Waals surface area contributed by atoms with Crippen LogP contribution >= 0.6 is 22.9 Å². The average molecular weight is 398 g/mol. The number of carbonyl (C=O) groups is 3. The Bertz CT molecular complexity index is 681. The predicted octanol–water partition coefficient (Wildman–Crippen LogP) is 2.18. The zero-order chi connectivity index (χ0) is 18.7. The van der Waals surface area contributed by atoms with Crippen molar-refractivity contribution in [3.8, 4) is 0 Å². The van der Waals surface area contributed by atoms with E-state index in [0.717, 1.165) is 12.8 Å². The van der Waals surface area contributed by atoms with Crippen molar-refractivity contribution in [2.24, 2.45) is 0 Å². The van der Waals surface area contributed by atoms with Gasteiger partial charge in [-0.15, -0.1) is 11.3 Å². The molecule has 0 aromatic carbocycles. The molecule has 26 heavy (non-hydrogen) atoms. The minimum absolute atomic E-state index is 0.00395. The van der Waals surface area contributed by atoms with Crippen LogP contribution in [-0.4, -0.2) is 65.7 Å². The van der Waals surface area contributed by atoms with Crippen LogP contribution in [0.5, 0.6) is 0 Å². The maximum atomic E-state index is 12.4. The van der Waals surface area contributed by atoms with Crippen LogP contribution in [-0.2, 0) is 9.59 Å². The number of hydrogen-bond acceptors (Lipinski definition) is 5. The van der Waals surface area contributed by atoms with Gasteiger partial charge in [0.15, 0.2) is 5.78 Å². The minimum atomic E-state index is -0.169. The first-order chi connectivity index (χ1) is 12.4. The first-order valence-electron chi connectivity index (χ1n) is 9.05. The third kappa shape index (κ3) is 5.05. The van der Waals surface area contributed by atoms with Gasteiger partial charge in [-0.25, -0.2) is 0 Å². The zero-order valence-corrected chi connectivity index (χ0v) is 16.4. The van der Waals surface area contributed by atoms with Crippen molar-refractivity contribution >= 4 is 40.5 Å². The van der Waals surface area contributed by atoms with Gasteiger partial charge in [0, 0.05) is 45.1 Å². The molecule has 1 aliphatic carbocycles. The van der Waals surface area contributed by atoms with Crippen molar-refractivity contribution < 1.29 is 14.4 Å². The van der Waals surface area contributed by atoms with E-state index in [1.165, 1.54) is 11.3 Å². The molecule has 1 saturated heterocycles. The summed E-state index contributed by atoms with van der Waals surface area (Å²) in [7, 11) is 0. The third-order valence-corrected chi connectivity index (χ3v) is 6.20. The van der Waals surface area contributed by atoms with Gasteiger partial charge in [-0.05, 0) is 31.9 Å². The molecule has 1 aromatic heterocycles. The van der Waals surface area contributed by atoms with Crippen LogP contribution in [0, 0.1) is 0 Å². The summed E-state index contributed by atoms with van der Waals surface area (Å²) >= 11 is 7.08. The summed E-state index contributed by atoms with van der Waals surface area (Å²) in [4.78, 5) is 41.1. The molecule has 8 heteroatoms. The molecule has 6 nitrogen and oxygen atoms in total. The fourth-order valence-electron chi connectivity index (χ4n) is 3.04. The topological polar surface area (TPSA) is 69.7 Å². The molecule has 0 radical (unpaired) electrons. The summed E-state index contributed by atoms with van der Waals surface area (Å²) in [6, 6.07) is 3.59. The summed E-state index contributed by atoms with van der Waals surface area (Å²) in [6.45, 7) is 4.47. The van der Waals surface area contributed by atoms with Crippen molar-refractivity contribution in [2.45, 2.75) is 44.7 Å². The largest absolute Gasteiger partial charge is 0.352 e. The number of hydrogen-bond donors (Lipinski definition) is 1. The second-order valence-electron chi connectivity index (χ2n) is 6.90. The standard InChI is InChI=1S/C18H24ClN3O3S/c1-12(18(25)20-13-2-3-13)21-8-10-22(11-9-21)17(24)7-4-14(23)15-5-6-16(19)26-15/h5-6,12-13H,2-4,7-11H2,1H3,(H,20,25). The highest BCUT2D eigenvalue weighted by Gasteiger charge is 2.30. The Morgan fingerprint density at radius 3 is 2.46 bits per heavy atom. The third-order valence-electron chi connectivity index (χ3n) is 4.93. The van der Waals surface area contributed by atoms with E-state index in [4.69, 9.17) is 11.6 Å². The van der Waals surface area contributed by atoms with Gasteiger partial charge in [-0.2, -0.15) is 0 Å². The first kappa shape index (κ1) is 19.3. The van der Waals surface area contributed by atoms with Crippen molar-refractivity contribution in [3.63, 3.8) is 0 Å². The van der Waals surface area contributed by atoms with Gasteiger partial charge in [-0.1, -0.05) is 11.6 Å². The van der Waals surface area contributed by atoms with E-state index in [2.05, 4.69) is 10.2 Å². The van der Waals surface area contributed by atoms with E-state index in [-0.39, 0.29) is 36.5 Å². The van der Waals surface area contributed by atoms with Crippen molar-refractivity contribution in [2.75, 3.05) is 26.2 Å². The molecule has 0 bridgehead atoms. The van der Waals surface area contributed by atoms with E-state index >= 15 is 0 Å². The monoisotopic (exact) mass is 397 g/mol. The van der Waals surface area contributed by atoms with E-state index in [1.807, 2.05) is 6.92 Å². The Labute approximate surface area is 162 Å². The summed E-state index contributed by atoms with van der Waals surface area (Å²) in [5.41, 5.74) is 0. The molecule has 1 unspecified atom stereocenters. The number of ketones is 1. The van der Waals surface area contributed by atoms with Crippen LogP contribution in [0.2, 0.25) is 4.34 Å². The number of thiophene rings is 1. The van der Waals surface area contributed by atoms with Crippen molar-refractivity contribution in [1.82, 2.24) is 15.1 Å². The molecule has 2 fully saturated rings. The van der Waals surface area contributed by atoms with Gasteiger partial charge in [0.25, 0.3) is 0 Å². The second kappa shape index (κ2) is 8.50. The molecule has 1 saturated carbocycles. The molecule has 2 amide bonds. The van der Waals surface area contributed by atoms with Gasteiger partial charge in [0.2, 0.25) is 11.8 Å². The Kier molecular flexibility index (Phi) is 6.32. The predicted molar refractivity (Wildman–Crippen MR) is 102 cm³/mol. The van der Waals surface area contributed by atoms with Crippen molar-refractivity contribution in [1.29, 1.82) is 0 Å². The fourth-order valence-corrected chi connectivity index (χ4v) is 4.05. The van der Waals surface area contributed by atoms with Gasteiger partial charge >= 0.3 is 0 Å². The molecule has 0 spiro atoms. The minimum Gasteiger partial charge on any atom is -0.352 e. The molecule has 3 rings (SSSR count). The average Bonchev–Trinajstić information content (AvgIpc) is 3.35. The van der Waals surface area contributed by atoms with Crippen molar-refractivity contribution in [3.05, 3.63) is 21.3 Å². The number of piperazine rings is 1. The molecule has 142 valence electrons. The molecule has 1 aliphatic heterocycles. The number of rotatable bonds is 7. The molecular formula is C18H24ClN3O3S. The van der Waals surface area contributed by atoms with Crippen LogP contribution in [0.1, 0.15) is 42.3 Å². The number of halogens is 1. The summed E-state index contributed by atoms with van der Waals surface area (Å²) in [5.74, 6) is 0.0301. The van der Waals surface area contributed by atoms with E-state index in [0.29, 0.717) is 41.4 Å². The Morgan fingerprint density at radius 1 is 1.19 bits per heavy atom. The number of amides is 2. The normalized spacial score (nSPS) is 19.2. The Balaban J connectivity index is 1.40. The SMILES string of the molecule is CC(C(=O)NC1CC1)N1CCN(C(=O)CCC(=O)c2ccc(Cl)s2)CC1. The van der Waals surface area contributed by atoms with Gasteiger partial charge in [0.05, 0.1) is 15.3 Å². The number of nitrogens with one attached hydrogen (secondary N) is 1. The number of Topliss-reactive ketones (excluding diaryl/α,β-unsaturated/α-hetero) is 1. The van der Waals surface area contributed by atoms with Gasteiger partial charge < -0.3 is 10.2 Å². The lowest BCUT2D eigenvalue weighted by Crippen LogP contribution is -2.55. The molecule has 1 N–H and O–H groups in total. The molecule has 1 atom stereocenters. The quantitative estimate of drug-likeness (QED) is 0.716. The highest BCUT2D eigenvalue weighted by Crippen LogP contribution is 2.23. The van der Waals surface area contributed by atoms with Gasteiger partial charge in [0.1, 0.15) is 0 Å². The summed E-state index contributed by atoms with van der Waals surface area (Å²) in [6.07, 6.45) is 2.58. The lowest BCUT2D eigenvalue weighted by molar-refractivity contribution is -0.134. The van der Waals surface area contributed by atoms with E-state index < -0.39 is 0 Å². The number of nitrogens with zero attached hydrogens (tertiary/aromatic N) is 2. The Hall–Kier alpha value is -1.44. The van der Waals surface area contributed by atoms with Crippen LogP contribution in [0.15, 0.2) is 12.1 Å². The summed E-state index contributed by atoms with van der Waals surface area (Å²) in [5, 5.41) is 3.03. The Morgan fingerprint density at radius 2 is 1.88 bits per heavy atom. The smallest absolute Gasteiger partial charge is 0.237 e. The number of carbonyl (C=O) groups excluding carboxylic acids is 3. The summed E-state index contributed by atoms with van der Waals surface area (Å²) < 4.78 is 0.579. The van der Waals surface area contributed by atoms with Crippen LogP contribution < -0.4 is 5.32 Å². The molecular weight excluding hydrogens is 374 g/mol. The maximum Gasteiger partial charge on any atom is 0.237 e. The van der Waals surface area contributed by atoms with E-state index in [1.54, 1.807) is 17.0 Å². The molecule has 2 aliphatic rings. The highest BCUT2D eigenvalue weighted by molar-refractivity contribution is 7.18. The van der Waals surface area contributed by atoms with Crippen LogP contribution in [0.4, 0.5) is 0 Å². The van der Waals surface area contributed by atoms with Crippen LogP contribution in [0.3, 0.4) is 0 Å². The van der Waals surface area contributed by atoms with E-state index in [9.17, 15) is 14.4 Å². The lowest BCUT2D eigenvalue weighted by Gasteiger charge is -2.37. The zero-order valence-electron chi connectivity index (χ0n) is 14.9. The van der Waals surface area contributed by atoms with Gasteiger partial charge in [-0.3, -0.25) is 19.3 Å². The lowest BCUT2D eigenvalue weighted by atomic mass is 10.1. The second-order valence-corrected chi connectivity index (χ2v) is 8.62. The van der Waals surface area contributed by atoms with Crippen LogP contribution in [0.25, 0.3) is 0 Å². The highest BCUT2D eigenvalue weighted by atomic mass is 35.5. The molecule has 2 heterocycles.